The monoisotopic (exact) mass is 337 g/mol. The molecule has 2 aromatic carbocycles. The Morgan fingerprint density at radius 1 is 0.960 bits per heavy atom. The minimum atomic E-state index is -0.124. The van der Waals surface area contributed by atoms with E-state index in [1.54, 1.807) is 0 Å². The van der Waals surface area contributed by atoms with Crippen LogP contribution in [0.25, 0.3) is 0 Å². The maximum Gasteiger partial charge on any atom is 0.241 e. The number of hydrogen-bond donors (Lipinski definition) is 1. The molecule has 1 fully saturated rings. The number of carbonyl (C=O) groups excluding carboxylic acids is 1. The fourth-order valence-corrected chi connectivity index (χ4v) is 3.36. The number of rotatable bonds is 4. The molecule has 3 rings (SSSR count). The van der Waals surface area contributed by atoms with Gasteiger partial charge in [0.2, 0.25) is 5.91 Å². The number of carbonyl (C=O) groups is 1. The van der Waals surface area contributed by atoms with Gasteiger partial charge in [0.05, 0.1) is 6.04 Å². The fraction of sp³-hybridized carbons (Fsp3) is 0.381. The molecule has 0 spiro atoms. The highest BCUT2D eigenvalue weighted by Gasteiger charge is 2.26. The summed E-state index contributed by atoms with van der Waals surface area (Å²) in [6.07, 6.45) is 0. The highest BCUT2D eigenvalue weighted by molar-refractivity contribution is 5.94. The lowest BCUT2D eigenvalue weighted by Crippen LogP contribution is -2.53. The molecule has 0 radical (unpaired) electrons. The molecule has 0 bridgehead atoms. The Kier molecular flexibility index (Phi) is 5.39. The molecule has 1 amide bonds. The predicted molar refractivity (Wildman–Crippen MR) is 104 cm³/mol. The highest BCUT2D eigenvalue weighted by atomic mass is 16.2. The van der Waals surface area contributed by atoms with Crippen molar-refractivity contribution < 1.29 is 4.79 Å². The second kappa shape index (κ2) is 7.70. The number of nitrogens with zero attached hydrogens (tertiary/aromatic N) is 2. The third kappa shape index (κ3) is 4.02. The van der Waals surface area contributed by atoms with Crippen molar-refractivity contribution in [3.8, 4) is 0 Å². The van der Waals surface area contributed by atoms with E-state index in [0.29, 0.717) is 0 Å². The SMILES string of the molecule is Cc1cccc(N2CCN(C(C)C(=O)Nc3ccccc3)CC2)c1C. The normalized spacial score (nSPS) is 16.5. The zero-order valence-electron chi connectivity index (χ0n) is 15.3. The predicted octanol–water partition coefficient (Wildman–Crippen LogP) is 3.45. The topological polar surface area (TPSA) is 35.6 Å². The fourth-order valence-electron chi connectivity index (χ4n) is 3.36. The van der Waals surface area contributed by atoms with Crippen LogP contribution in [0.5, 0.6) is 0 Å². The molecule has 1 saturated heterocycles. The highest BCUT2D eigenvalue weighted by Crippen LogP contribution is 2.24. The number of anilines is 2. The van der Waals surface area contributed by atoms with Crippen LogP contribution >= 0.6 is 0 Å². The van der Waals surface area contributed by atoms with E-state index in [4.69, 9.17) is 0 Å². The van der Waals surface area contributed by atoms with Crippen LogP contribution in [-0.4, -0.2) is 43.0 Å². The largest absolute Gasteiger partial charge is 0.369 e. The number of para-hydroxylation sites is 1. The molecule has 2 aromatic rings. The second-order valence-electron chi connectivity index (χ2n) is 6.77. The zero-order valence-corrected chi connectivity index (χ0v) is 15.3. The molecular formula is C21H27N3O. The first-order valence-electron chi connectivity index (χ1n) is 8.97. The molecule has 1 heterocycles. The van der Waals surface area contributed by atoms with E-state index in [1.165, 1.54) is 16.8 Å². The quantitative estimate of drug-likeness (QED) is 0.928. The van der Waals surface area contributed by atoms with Crippen molar-refractivity contribution in [3.05, 3.63) is 59.7 Å². The summed E-state index contributed by atoms with van der Waals surface area (Å²) in [4.78, 5) is 17.2. The first kappa shape index (κ1) is 17.5. The summed E-state index contributed by atoms with van der Waals surface area (Å²) < 4.78 is 0. The van der Waals surface area contributed by atoms with Crippen molar-refractivity contribution in [2.75, 3.05) is 36.4 Å². The molecule has 25 heavy (non-hydrogen) atoms. The van der Waals surface area contributed by atoms with Crippen molar-refractivity contribution in [2.45, 2.75) is 26.8 Å². The molecule has 1 aliphatic rings. The average Bonchev–Trinajstić information content (AvgIpc) is 2.64. The van der Waals surface area contributed by atoms with E-state index >= 15 is 0 Å². The number of amides is 1. The Hall–Kier alpha value is -2.33. The Morgan fingerprint density at radius 3 is 2.32 bits per heavy atom. The molecule has 0 aromatic heterocycles. The van der Waals surface area contributed by atoms with E-state index in [1.807, 2.05) is 37.3 Å². The molecule has 132 valence electrons. The van der Waals surface area contributed by atoms with Crippen molar-refractivity contribution in [3.63, 3.8) is 0 Å². The van der Waals surface area contributed by atoms with E-state index in [-0.39, 0.29) is 11.9 Å². The maximum atomic E-state index is 12.5. The van der Waals surface area contributed by atoms with Crippen LogP contribution in [0.15, 0.2) is 48.5 Å². The van der Waals surface area contributed by atoms with Crippen LogP contribution in [0.4, 0.5) is 11.4 Å². The van der Waals surface area contributed by atoms with Gasteiger partial charge in [-0.25, -0.2) is 0 Å². The lowest BCUT2D eigenvalue weighted by atomic mass is 10.1. The Bertz CT molecular complexity index is 721. The summed E-state index contributed by atoms with van der Waals surface area (Å²) in [7, 11) is 0. The van der Waals surface area contributed by atoms with Gasteiger partial charge >= 0.3 is 0 Å². The number of aryl methyl sites for hydroxylation is 1. The summed E-state index contributed by atoms with van der Waals surface area (Å²) in [6.45, 7) is 10.0. The number of benzene rings is 2. The summed E-state index contributed by atoms with van der Waals surface area (Å²) in [6, 6.07) is 16.0. The molecule has 4 heteroatoms. The lowest BCUT2D eigenvalue weighted by molar-refractivity contribution is -0.120. The minimum Gasteiger partial charge on any atom is -0.369 e. The van der Waals surface area contributed by atoms with Gasteiger partial charge in [0.25, 0.3) is 0 Å². The van der Waals surface area contributed by atoms with E-state index in [0.717, 1.165) is 31.9 Å². The molecule has 1 aliphatic heterocycles. The molecule has 0 aliphatic carbocycles. The van der Waals surface area contributed by atoms with Crippen molar-refractivity contribution in [1.29, 1.82) is 0 Å². The van der Waals surface area contributed by atoms with Crippen molar-refractivity contribution >= 4 is 17.3 Å². The molecule has 1 N–H and O–H groups in total. The third-order valence-electron chi connectivity index (χ3n) is 5.20. The van der Waals surface area contributed by atoms with Crippen LogP contribution < -0.4 is 10.2 Å². The van der Waals surface area contributed by atoms with Crippen molar-refractivity contribution in [2.24, 2.45) is 0 Å². The summed E-state index contributed by atoms with van der Waals surface area (Å²) in [5.41, 5.74) is 4.86. The van der Waals surface area contributed by atoms with Gasteiger partial charge in [0, 0.05) is 37.6 Å². The smallest absolute Gasteiger partial charge is 0.241 e. The molecule has 0 saturated carbocycles. The van der Waals surface area contributed by atoms with Gasteiger partial charge in [-0.1, -0.05) is 30.3 Å². The summed E-state index contributed by atoms with van der Waals surface area (Å²) in [5, 5.41) is 3.00. The molecule has 1 unspecified atom stereocenters. The summed E-state index contributed by atoms with van der Waals surface area (Å²) >= 11 is 0. The van der Waals surface area contributed by atoms with Crippen LogP contribution in [0.1, 0.15) is 18.1 Å². The van der Waals surface area contributed by atoms with Crippen LogP contribution in [0.3, 0.4) is 0 Å². The molecule has 4 nitrogen and oxygen atoms in total. The van der Waals surface area contributed by atoms with E-state index < -0.39 is 0 Å². The molecule has 1 atom stereocenters. The zero-order chi connectivity index (χ0) is 17.8. The first-order valence-corrected chi connectivity index (χ1v) is 8.97. The molecular weight excluding hydrogens is 310 g/mol. The van der Waals surface area contributed by atoms with Gasteiger partial charge in [0.1, 0.15) is 0 Å². The third-order valence-corrected chi connectivity index (χ3v) is 5.20. The summed E-state index contributed by atoms with van der Waals surface area (Å²) in [5.74, 6) is 0.0615. The number of nitrogens with one attached hydrogen (secondary N) is 1. The standard InChI is InChI=1S/C21H27N3O/c1-16-8-7-11-20(17(16)2)24-14-12-23(13-15-24)18(3)21(25)22-19-9-5-4-6-10-19/h4-11,18H,12-15H2,1-3H3,(H,22,25). The van der Waals surface area contributed by atoms with Gasteiger partial charge in [-0.3, -0.25) is 9.69 Å². The van der Waals surface area contributed by atoms with Gasteiger partial charge in [-0.05, 0) is 50.1 Å². The lowest BCUT2D eigenvalue weighted by Gasteiger charge is -2.39. The first-order chi connectivity index (χ1) is 12.1. The van der Waals surface area contributed by atoms with Crippen LogP contribution in [0.2, 0.25) is 0 Å². The van der Waals surface area contributed by atoms with Crippen LogP contribution in [0, 0.1) is 13.8 Å². The van der Waals surface area contributed by atoms with Gasteiger partial charge in [-0.2, -0.15) is 0 Å². The number of hydrogen-bond acceptors (Lipinski definition) is 3. The van der Waals surface area contributed by atoms with Gasteiger partial charge < -0.3 is 10.2 Å². The van der Waals surface area contributed by atoms with E-state index in [9.17, 15) is 4.79 Å². The minimum absolute atomic E-state index is 0.0615. The average molecular weight is 337 g/mol. The van der Waals surface area contributed by atoms with Crippen molar-refractivity contribution in [1.82, 2.24) is 4.90 Å². The Labute approximate surface area is 150 Å². The maximum absolute atomic E-state index is 12.5. The number of piperazine rings is 1. The Morgan fingerprint density at radius 2 is 1.64 bits per heavy atom. The van der Waals surface area contributed by atoms with Crippen LogP contribution in [-0.2, 0) is 4.79 Å². The van der Waals surface area contributed by atoms with Gasteiger partial charge in [0.15, 0.2) is 0 Å². The van der Waals surface area contributed by atoms with E-state index in [2.05, 4.69) is 47.2 Å². The Balaban J connectivity index is 1.58. The second-order valence-corrected chi connectivity index (χ2v) is 6.77. The van der Waals surface area contributed by atoms with Gasteiger partial charge in [-0.15, -0.1) is 0 Å².